The highest BCUT2D eigenvalue weighted by atomic mass is 16.5. The molecule has 0 spiro atoms. The largest absolute Gasteiger partial charge is 0.483 e. The number of nitrogens with one attached hydrogen (secondary N) is 2. The molecule has 0 aliphatic heterocycles. The molecule has 0 aliphatic rings. The van der Waals surface area contributed by atoms with E-state index in [9.17, 15) is 9.59 Å². The van der Waals surface area contributed by atoms with Gasteiger partial charge in [-0.1, -0.05) is 24.3 Å². The van der Waals surface area contributed by atoms with Gasteiger partial charge >= 0.3 is 0 Å². The van der Waals surface area contributed by atoms with Gasteiger partial charge < -0.3 is 10.4 Å². The van der Waals surface area contributed by atoms with Gasteiger partial charge in [0.25, 0.3) is 18.3 Å². The van der Waals surface area contributed by atoms with Crippen molar-refractivity contribution in [3.05, 3.63) is 65.8 Å². The summed E-state index contributed by atoms with van der Waals surface area (Å²) in [5.74, 6) is -0.868. The fourth-order valence-electron chi connectivity index (χ4n) is 1.65. The number of hydroxylamine groups is 1. The lowest BCUT2D eigenvalue weighted by atomic mass is 10.1. The highest BCUT2D eigenvalue weighted by molar-refractivity contribution is 5.92. The van der Waals surface area contributed by atoms with Gasteiger partial charge in [-0.25, -0.2) is 15.4 Å². The second kappa shape index (κ2) is 11.0. The van der Waals surface area contributed by atoms with E-state index in [2.05, 4.69) is 15.3 Å². The second-order valence-corrected chi connectivity index (χ2v) is 4.43. The number of aromatic nitrogens is 2. The fraction of sp³-hybridized carbons (Fsp3) is 0.0625. The quantitative estimate of drug-likeness (QED) is 0.270. The molecule has 1 aromatic carbocycles. The lowest BCUT2D eigenvalue weighted by molar-refractivity contribution is -0.124. The Labute approximate surface area is 143 Å². The van der Waals surface area contributed by atoms with Crippen LogP contribution in [-0.2, 0) is 16.1 Å². The third-order valence-electron chi connectivity index (χ3n) is 2.78. The van der Waals surface area contributed by atoms with E-state index >= 15 is 0 Å². The number of carbonyl (C=O) groups is 3. The van der Waals surface area contributed by atoms with Crippen molar-refractivity contribution in [2.24, 2.45) is 0 Å². The average Bonchev–Trinajstić information content (AvgIpc) is 2.66. The minimum atomic E-state index is -0.596. The van der Waals surface area contributed by atoms with Crippen LogP contribution in [0.15, 0.2) is 48.9 Å². The number of nitrogens with zero attached hydrogens (tertiary/aromatic N) is 2. The SMILES string of the molecule is O=C(/C=C/c1ccc(CNC(=O)c2ccncn2)cc1)NO.O=CO. The van der Waals surface area contributed by atoms with Gasteiger partial charge in [0.05, 0.1) is 0 Å². The number of carboxylic acid groups (broad SMARTS) is 1. The fourth-order valence-corrected chi connectivity index (χ4v) is 1.65. The Balaban J connectivity index is 0.000000970. The predicted molar refractivity (Wildman–Crippen MR) is 87.3 cm³/mol. The average molecular weight is 344 g/mol. The van der Waals surface area contributed by atoms with E-state index in [4.69, 9.17) is 15.1 Å². The first-order valence-corrected chi connectivity index (χ1v) is 6.94. The second-order valence-electron chi connectivity index (χ2n) is 4.43. The molecule has 0 fully saturated rings. The summed E-state index contributed by atoms with van der Waals surface area (Å²) < 4.78 is 0. The highest BCUT2D eigenvalue weighted by Crippen LogP contribution is 2.06. The molecule has 9 nitrogen and oxygen atoms in total. The number of rotatable bonds is 5. The van der Waals surface area contributed by atoms with E-state index < -0.39 is 5.91 Å². The van der Waals surface area contributed by atoms with Gasteiger partial charge in [-0.15, -0.1) is 0 Å². The van der Waals surface area contributed by atoms with Crippen molar-refractivity contribution in [1.29, 1.82) is 0 Å². The first-order valence-electron chi connectivity index (χ1n) is 6.94. The number of benzene rings is 1. The standard InChI is InChI=1S/C15H14N4O3.CH2O2/c20-14(19-22)6-5-11-1-3-12(4-2-11)9-17-15(21)13-7-8-16-10-18-13;2-1-3/h1-8,10,22H,9H2,(H,17,21)(H,19,20);1H,(H,2,3)/b6-5+;. The molecule has 2 aromatic rings. The Morgan fingerprint density at radius 1 is 1.16 bits per heavy atom. The summed E-state index contributed by atoms with van der Waals surface area (Å²) in [6, 6.07) is 8.80. The van der Waals surface area contributed by atoms with Gasteiger partial charge in [0, 0.05) is 18.8 Å². The van der Waals surface area contributed by atoms with Crippen LogP contribution >= 0.6 is 0 Å². The van der Waals surface area contributed by atoms with E-state index in [0.29, 0.717) is 12.2 Å². The molecule has 0 unspecified atom stereocenters. The third kappa shape index (κ3) is 7.48. The number of hydrogen-bond acceptors (Lipinski definition) is 6. The van der Waals surface area contributed by atoms with Gasteiger partial charge in [-0.05, 0) is 23.3 Å². The summed E-state index contributed by atoms with van der Waals surface area (Å²) in [7, 11) is 0. The lowest BCUT2D eigenvalue weighted by Gasteiger charge is -2.05. The van der Waals surface area contributed by atoms with Crippen molar-refractivity contribution in [3.63, 3.8) is 0 Å². The zero-order valence-corrected chi connectivity index (χ0v) is 13.0. The van der Waals surface area contributed by atoms with E-state index in [0.717, 1.165) is 11.1 Å². The molecule has 0 saturated carbocycles. The van der Waals surface area contributed by atoms with Crippen LogP contribution in [0, 0.1) is 0 Å². The molecule has 0 bridgehead atoms. The Morgan fingerprint density at radius 3 is 2.40 bits per heavy atom. The summed E-state index contributed by atoms with van der Waals surface area (Å²) in [4.78, 5) is 38.6. The molecule has 2 rings (SSSR count). The van der Waals surface area contributed by atoms with E-state index in [1.807, 2.05) is 12.1 Å². The molecule has 1 aromatic heterocycles. The lowest BCUT2D eigenvalue weighted by Crippen LogP contribution is -2.23. The van der Waals surface area contributed by atoms with Crippen molar-refractivity contribution >= 4 is 24.4 Å². The van der Waals surface area contributed by atoms with Gasteiger partial charge in [0.1, 0.15) is 12.0 Å². The Kier molecular flexibility index (Phi) is 8.58. The predicted octanol–water partition coefficient (Wildman–Crippen LogP) is 0.626. The van der Waals surface area contributed by atoms with Gasteiger partial charge in [0.2, 0.25) is 0 Å². The van der Waals surface area contributed by atoms with Gasteiger partial charge in [0.15, 0.2) is 0 Å². The van der Waals surface area contributed by atoms with Crippen molar-refractivity contribution in [2.75, 3.05) is 0 Å². The minimum absolute atomic E-state index is 0.250. The molecule has 4 N–H and O–H groups in total. The maximum Gasteiger partial charge on any atom is 0.290 e. The summed E-state index contributed by atoms with van der Waals surface area (Å²) in [5.41, 5.74) is 3.53. The first-order chi connectivity index (χ1) is 12.1. The zero-order valence-electron chi connectivity index (χ0n) is 13.0. The Hall–Kier alpha value is -3.59. The molecule has 130 valence electrons. The smallest absolute Gasteiger partial charge is 0.290 e. The van der Waals surface area contributed by atoms with Crippen molar-refractivity contribution in [1.82, 2.24) is 20.8 Å². The van der Waals surface area contributed by atoms with Crippen LogP contribution in [0.1, 0.15) is 21.6 Å². The molecule has 25 heavy (non-hydrogen) atoms. The van der Waals surface area contributed by atoms with Crippen LogP contribution in [0.4, 0.5) is 0 Å². The molecule has 0 radical (unpaired) electrons. The molecular formula is C16H16N4O5. The van der Waals surface area contributed by atoms with Crippen LogP contribution in [0.5, 0.6) is 0 Å². The topological polar surface area (TPSA) is 142 Å². The number of carbonyl (C=O) groups excluding carboxylic acids is 2. The highest BCUT2D eigenvalue weighted by Gasteiger charge is 2.05. The monoisotopic (exact) mass is 344 g/mol. The molecular weight excluding hydrogens is 328 g/mol. The molecule has 0 atom stereocenters. The first kappa shape index (κ1) is 19.5. The molecule has 9 heteroatoms. The summed E-state index contributed by atoms with van der Waals surface area (Å²) in [5, 5.41) is 18.0. The third-order valence-corrected chi connectivity index (χ3v) is 2.78. The van der Waals surface area contributed by atoms with Crippen LogP contribution in [0.2, 0.25) is 0 Å². The van der Waals surface area contributed by atoms with Crippen molar-refractivity contribution < 1.29 is 24.7 Å². The van der Waals surface area contributed by atoms with Crippen molar-refractivity contribution in [3.8, 4) is 0 Å². The summed E-state index contributed by atoms with van der Waals surface area (Å²) in [6.07, 6.45) is 5.60. The molecule has 0 aliphatic carbocycles. The van der Waals surface area contributed by atoms with E-state index in [1.54, 1.807) is 18.2 Å². The minimum Gasteiger partial charge on any atom is -0.483 e. The zero-order chi connectivity index (χ0) is 18.5. The van der Waals surface area contributed by atoms with E-state index in [-0.39, 0.29) is 12.4 Å². The van der Waals surface area contributed by atoms with Crippen LogP contribution in [0.3, 0.4) is 0 Å². The van der Waals surface area contributed by atoms with Gasteiger partial charge in [-0.2, -0.15) is 0 Å². The van der Waals surface area contributed by atoms with E-state index in [1.165, 1.54) is 30.1 Å². The molecule has 1 heterocycles. The summed E-state index contributed by atoms with van der Waals surface area (Å²) in [6.45, 7) is 0.115. The van der Waals surface area contributed by atoms with Crippen LogP contribution < -0.4 is 10.8 Å². The normalized spacial score (nSPS) is 9.64. The van der Waals surface area contributed by atoms with Crippen LogP contribution in [-0.4, -0.2) is 38.6 Å². The maximum absolute atomic E-state index is 11.8. The van der Waals surface area contributed by atoms with Crippen LogP contribution in [0.25, 0.3) is 6.08 Å². The van der Waals surface area contributed by atoms with Gasteiger partial charge in [-0.3, -0.25) is 19.6 Å². The Bertz CT molecular complexity index is 717. The number of amides is 2. The summed E-state index contributed by atoms with van der Waals surface area (Å²) >= 11 is 0. The molecule has 2 amide bonds. The maximum atomic E-state index is 11.8. The molecule has 0 saturated heterocycles. The number of hydrogen-bond donors (Lipinski definition) is 4. The Morgan fingerprint density at radius 2 is 1.84 bits per heavy atom. The van der Waals surface area contributed by atoms with Crippen molar-refractivity contribution in [2.45, 2.75) is 6.54 Å².